The summed E-state index contributed by atoms with van der Waals surface area (Å²) in [6.45, 7) is 2.07. The molecule has 0 aliphatic carbocycles. The minimum absolute atomic E-state index is 0.774. The number of imidazole rings is 1. The van der Waals surface area contributed by atoms with Gasteiger partial charge in [0, 0.05) is 18.1 Å². The van der Waals surface area contributed by atoms with Gasteiger partial charge in [0.05, 0.1) is 16.7 Å². The highest BCUT2D eigenvalue weighted by atomic mass is 32.2. The van der Waals surface area contributed by atoms with E-state index in [1.807, 2.05) is 54.9 Å². The molecule has 1 aromatic carbocycles. The van der Waals surface area contributed by atoms with E-state index >= 15 is 0 Å². The highest BCUT2D eigenvalue weighted by molar-refractivity contribution is 7.98. The molecule has 0 aliphatic rings. The fourth-order valence-corrected chi connectivity index (χ4v) is 3.56. The van der Waals surface area contributed by atoms with Gasteiger partial charge >= 0.3 is 0 Å². The van der Waals surface area contributed by atoms with E-state index in [0.29, 0.717) is 0 Å². The molecule has 0 saturated heterocycles. The summed E-state index contributed by atoms with van der Waals surface area (Å²) in [7, 11) is 0. The SMILES string of the molecule is Cc1cccnc1-n1c(SCc2ccccn2)nc2ccccc21. The van der Waals surface area contributed by atoms with Crippen LogP contribution in [0.3, 0.4) is 0 Å². The molecule has 3 heterocycles. The van der Waals surface area contributed by atoms with E-state index in [4.69, 9.17) is 4.98 Å². The van der Waals surface area contributed by atoms with Gasteiger partial charge in [-0.3, -0.25) is 9.55 Å². The van der Waals surface area contributed by atoms with Gasteiger partial charge in [0.15, 0.2) is 5.16 Å². The maximum atomic E-state index is 4.80. The number of para-hydroxylation sites is 2. The number of hydrogen-bond donors (Lipinski definition) is 0. The minimum atomic E-state index is 0.774. The summed E-state index contributed by atoms with van der Waals surface area (Å²) >= 11 is 1.68. The predicted molar refractivity (Wildman–Crippen MR) is 97.4 cm³/mol. The van der Waals surface area contributed by atoms with E-state index in [1.54, 1.807) is 11.8 Å². The van der Waals surface area contributed by atoms with Gasteiger partial charge in [0.1, 0.15) is 5.82 Å². The molecule has 4 rings (SSSR count). The van der Waals surface area contributed by atoms with Crippen molar-refractivity contribution in [3.05, 3.63) is 78.2 Å². The molecular weight excluding hydrogens is 316 g/mol. The molecule has 0 spiro atoms. The van der Waals surface area contributed by atoms with Gasteiger partial charge in [-0.15, -0.1) is 0 Å². The van der Waals surface area contributed by atoms with E-state index in [2.05, 4.69) is 33.6 Å². The zero-order valence-corrected chi connectivity index (χ0v) is 14.1. The van der Waals surface area contributed by atoms with E-state index in [-0.39, 0.29) is 0 Å². The normalized spacial score (nSPS) is 11.0. The standard InChI is InChI=1S/C19H16N4S/c1-14-7-6-12-21-18(14)23-17-10-3-2-9-16(17)22-19(23)24-13-15-8-4-5-11-20-15/h2-12H,13H2,1H3. The Hall–Kier alpha value is -2.66. The van der Waals surface area contributed by atoms with Crippen molar-refractivity contribution in [2.24, 2.45) is 0 Å². The Morgan fingerprint density at radius 2 is 1.75 bits per heavy atom. The van der Waals surface area contributed by atoms with Crippen molar-refractivity contribution in [1.29, 1.82) is 0 Å². The molecule has 5 heteroatoms. The van der Waals surface area contributed by atoms with Crippen LogP contribution in [0.5, 0.6) is 0 Å². The van der Waals surface area contributed by atoms with Gasteiger partial charge < -0.3 is 0 Å². The highest BCUT2D eigenvalue weighted by Crippen LogP contribution is 2.29. The number of pyridine rings is 2. The lowest BCUT2D eigenvalue weighted by Crippen LogP contribution is -2.02. The van der Waals surface area contributed by atoms with Crippen molar-refractivity contribution >= 4 is 22.8 Å². The number of nitrogens with zero attached hydrogens (tertiary/aromatic N) is 4. The van der Waals surface area contributed by atoms with Crippen LogP contribution in [0.15, 0.2) is 72.1 Å². The lowest BCUT2D eigenvalue weighted by Gasteiger charge is -2.10. The van der Waals surface area contributed by atoms with Crippen molar-refractivity contribution < 1.29 is 0 Å². The third-order valence-electron chi connectivity index (χ3n) is 3.80. The van der Waals surface area contributed by atoms with Gasteiger partial charge in [-0.05, 0) is 42.8 Å². The molecule has 0 amide bonds. The summed E-state index contributed by atoms with van der Waals surface area (Å²) in [6, 6.07) is 18.2. The molecule has 118 valence electrons. The second-order valence-electron chi connectivity index (χ2n) is 5.47. The first kappa shape index (κ1) is 14.9. The molecule has 0 fully saturated rings. The minimum Gasteiger partial charge on any atom is -0.271 e. The predicted octanol–water partition coefficient (Wildman–Crippen LogP) is 4.42. The van der Waals surface area contributed by atoms with E-state index in [1.165, 1.54) is 0 Å². The van der Waals surface area contributed by atoms with Gasteiger partial charge in [0.2, 0.25) is 0 Å². The molecule has 0 radical (unpaired) electrons. The fourth-order valence-electron chi connectivity index (χ4n) is 2.64. The molecule has 3 aromatic heterocycles. The van der Waals surface area contributed by atoms with E-state index in [0.717, 1.165) is 39.0 Å². The lowest BCUT2D eigenvalue weighted by molar-refractivity contribution is 0.876. The largest absolute Gasteiger partial charge is 0.271 e. The monoisotopic (exact) mass is 332 g/mol. The number of aryl methyl sites for hydroxylation is 1. The van der Waals surface area contributed by atoms with Crippen LogP contribution < -0.4 is 0 Å². The molecule has 24 heavy (non-hydrogen) atoms. The Morgan fingerprint density at radius 3 is 2.58 bits per heavy atom. The third-order valence-corrected chi connectivity index (χ3v) is 4.77. The average Bonchev–Trinajstić information content (AvgIpc) is 2.99. The Balaban J connectivity index is 1.80. The Bertz CT molecular complexity index is 979. The second kappa shape index (κ2) is 6.45. The number of hydrogen-bond acceptors (Lipinski definition) is 4. The van der Waals surface area contributed by atoms with Gasteiger partial charge in [0.25, 0.3) is 0 Å². The van der Waals surface area contributed by atoms with Crippen LogP contribution in [0.2, 0.25) is 0 Å². The van der Waals surface area contributed by atoms with Crippen LogP contribution in [-0.2, 0) is 5.75 Å². The second-order valence-corrected chi connectivity index (χ2v) is 6.41. The number of rotatable bonds is 4. The zero-order valence-electron chi connectivity index (χ0n) is 13.3. The van der Waals surface area contributed by atoms with E-state index < -0.39 is 0 Å². The number of benzene rings is 1. The average molecular weight is 332 g/mol. The Morgan fingerprint density at radius 1 is 0.917 bits per heavy atom. The van der Waals surface area contributed by atoms with Crippen LogP contribution in [0.1, 0.15) is 11.3 Å². The Labute approximate surface area is 144 Å². The Kier molecular flexibility index (Phi) is 4.01. The van der Waals surface area contributed by atoms with E-state index in [9.17, 15) is 0 Å². The van der Waals surface area contributed by atoms with Gasteiger partial charge in [-0.1, -0.05) is 36.0 Å². The van der Waals surface area contributed by atoms with Crippen molar-refractivity contribution in [1.82, 2.24) is 19.5 Å². The number of fused-ring (bicyclic) bond motifs is 1. The smallest absolute Gasteiger partial charge is 0.175 e. The number of thioether (sulfide) groups is 1. The fraction of sp³-hybridized carbons (Fsp3) is 0.105. The summed E-state index contributed by atoms with van der Waals surface area (Å²) in [6.07, 6.45) is 3.64. The molecule has 0 bridgehead atoms. The van der Waals surface area contributed by atoms with Crippen molar-refractivity contribution in [2.45, 2.75) is 17.8 Å². The zero-order chi connectivity index (χ0) is 16.4. The van der Waals surface area contributed by atoms with Crippen LogP contribution in [0.4, 0.5) is 0 Å². The maximum absolute atomic E-state index is 4.80. The molecule has 0 N–H and O–H groups in total. The molecule has 0 aliphatic heterocycles. The molecule has 0 atom stereocenters. The first-order valence-corrected chi connectivity index (χ1v) is 8.73. The molecule has 0 unspecified atom stereocenters. The molecule has 4 nitrogen and oxygen atoms in total. The highest BCUT2D eigenvalue weighted by Gasteiger charge is 2.15. The summed E-state index contributed by atoms with van der Waals surface area (Å²) in [5, 5.41) is 0.934. The van der Waals surface area contributed by atoms with Crippen LogP contribution >= 0.6 is 11.8 Å². The molecule has 4 aromatic rings. The van der Waals surface area contributed by atoms with Crippen LogP contribution in [0.25, 0.3) is 16.9 Å². The quantitative estimate of drug-likeness (QED) is 0.519. The van der Waals surface area contributed by atoms with Crippen molar-refractivity contribution in [3.8, 4) is 5.82 Å². The lowest BCUT2D eigenvalue weighted by atomic mass is 10.2. The maximum Gasteiger partial charge on any atom is 0.175 e. The number of aromatic nitrogens is 4. The summed E-state index contributed by atoms with van der Waals surface area (Å²) < 4.78 is 2.14. The van der Waals surface area contributed by atoms with Crippen LogP contribution in [-0.4, -0.2) is 19.5 Å². The first-order valence-electron chi connectivity index (χ1n) is 7.75. The van der Waals surface area contributed by atoms with Gasteiger partial charge in [-0.25, -0.2) is 9.97 Å². The topological polar surface area (TPSA) is 43.6 Å². The summed E-state index contributed by atoms with van der Waals surface area (Å²) in [5.41, 5.74) is 4.22. The third kappa shape index (κ3) is 2.78. The molecular formula is C19H16N4S. The van der Waals surface area contributed by atoms with Gasteiger partial charge in [-0.2, -0.15) is 0 Å². The van der Waals surface area contributed by atoms with Crippen LogP contribution in [0, 0.1) is 6.92 Å². The van der Waals surface area contributed by atoms with Crippen molar-refractivity contribution in [3.63, 3.8) is 0 Å². The first-order chi connectivity index (χ1) is 11.8. The van der Waals surface area contributed by atoms with Crippen molar-refractivity contribution in [2.75, 3.05) is 0 Å². The summed E-state index contributed by atoms with van der Waals surface area (Å²) in [4.78, 5) is 13.8. The summed E-state index contributed by atoms with van der Waals surface area (Å²) in [5.74, 6) is 1.70. The molecule has 0 saturated carbocycles.